The van der Waals surface area contributed by atoms with E-state index in [-0.39, 0.29) is 22.3 Å². The molecule has 2 aliphatic rings. The number of urea groups is 1. The SMILES string of the molecule is NC1=NC(c2ccc(NC(=O)NCCF)cc2)NC(C2(S(=O)(=O)c3ccc(F)c(Cl)c3)CC2)=C1. The van der Waals surface area contributed by atoms with Gasteiger partial charge in [-0.1, -0.05) is 23.7 Å². The Morgan fingerprint density at radius 3 is 2.56 bits per heavy atom. The summed E-state index contributed by atoms with van der Waals surface area (Å²) in [6.45, 7) is -0.756. The largest absolute Gasteiger partial charge is 0.384 e. The molecule has 1 atom stereocenters. The second kappa shape index (κ2) is 9.22. The maximum absolute atomic E-state index is 13.6. The molecule has 5 N–H and O–H groups in total. The summed E-state index contributed by atoms with van der Waals surface area (Å²) >= 11 is 5.82. The molecular formula is C22H22ClF2N5O3S. The van der Waals surface area contributed by atoms with Crippen LogP contribution in [0.2, 0.25) is 5.02 Å². The van der Waals surface area contributed by atoms with Gasteiger partial charge in [-0.2, -0.15) is 0 Å². The van der Waals surface area contributed by atoms with Crippen molar-refractivity contribution in [1.82, 2.24) is 10.6 Å². The standard InChI is InChI=1S/C22H22ClF2N5O3S/c23-16-11-15(5-6-17(16)25)34(32,33)22(7-8-22)18-12-19(26)30-20(29-18)13-1-3-14(4-2-13)28-21(31)27-10-9-24/h1-6,11-12,20,29H,7-10H2,(H2,26,30)(H2,27,28,31). The Bertz CT molecular complexity index is 1280. The predicted octanol–water partition coefficient (Wildman–Crippen LogP) is 3.42. The third-order valence-electron chi connectivity index (χ3n) is 5.64. The van der Waals surface area contributed by atoms with Crippen LogP contribution in [0.5, 0.6) is 0 Å². The van der Waals surface area contributed by atoms with Gasteiger partial charge in [0.1, 0.15) is 29.2 Å². The number of anilines is 1. The summed E-state index contributed by atoms with van der Waals surface area (Å²) in [7, 11) is -3.90. The summed E-state index contributed by atoms with van der Waals surface area (Å²) < 4.78 is 51.4. The third kappa shape index (κ3) is 4.58. The third-order valence-corrected chi connectivity index (χ3v) is 8.46. The van der Waals surface area contributed by atoms with Gasteiger partial charge in [0, 0.05) is 24.0 Å². The molecule has 34 heavy (non-hydrogen) atoms. The number of hydrogen-bond acceptors (Lipinski definition) is 6. The van der Waals surface area contributed by atoms with Gasteiger partial charge in [-0.25, -0.2) is 27.0 Å². The number of carbonyl (C=O) groups is 1. The first-order valence-electron chi connectivity index (χ1n) is 10.4. The van der Waals surface area contributed by atoms with Gasteiger partial charge in [0.15, 0.2) is 9.84 Å². The van der Waals surface area contributed by atoms with Crippen molar-refractivity contribution in [3.63, 3.8) is 0 Å². The van der Waals surface area contributed by atoms with Crippen LogP contribution in [0.1, 0.15) is 24.6 Å². The minimum atomic E-state index is -3.90. The Morgan fingerprint density at radius 2 is 1.94 bits per heavy atom. The molecule has 1 saturated carbocycles. The summed E-state index contributed by atoms with van der Waals surface area (Å²) in [4.78, 5) is 16.0. The van der Waals surface area contributed by atoms with Gasteiger partial charge in [-0.15, -0.1) is 0 Å². The first kappa shape index (κ1) is 24.0. The Balaban J connectivity index is 1.54. The molecule has 0 saturated heterocycles. The zero-order valence-electron chi connectivity index (χ0n) is 17.8. The molecule has 1 aliphatic carbocycles. The number of rotatable bonds is 7. The van der Waals surface area contributed by atoms with E-state index in [4.69, 9.17) is 17.3 Å². The van der Waals surface area contributed by atoms with E-state index in [0.717, 1.165) is 12.1 Å². The second-order valence-corrected chi connectivity index (χ2v) is 10.6. The lowest BCUT2D eigenvalue weighted by Crippen LogP contribution is -2.39. The van der Waals surface area contributed by atoms with Crippen molar-refractivity contribution in [2.24, 2.45) is 10.7 Å². The molecular weight excluding hydrogens is 488 g/mol. The number of amides is 2. The number of nitrogens with one attached hydrogen (secondary N) is 3. The number of carbonyl (C=O) groups excluding carboxylic acids is 1. The van der Waals surface area contributed by atoms with Crippen LogP contribution in [0.15, 0.2) is 64.1 Å². The van der Waals surface area contributed by atoms with Crippen molar-refractivity contribution in [2.45, 2.75) is 28.6 Å². The minimum Gasteiger partial charge on any atom is -0.384 e. The fraction of sp³-hybridized carbons (Fsp3) is 0.273. The first-order valence-corrected chi connectivity index (χ1v) is 12.2. The Labute approximate surface area is 200 Å². The molecule has 0 bridgehead atoms. The average molecular weight is 510 g/mol. The van der Waals surface area contributed by atoms with Crippen molar-refractivity contribution in [1.29, 1.82) is 0 Å². The van der Waals surface area contributed by atoms with Gasteiger partial charge in [0.05, 0.1) is 9.92 Å². The number of nitrogens with two attached hydrogens (primary N) is 1. The number of hydrogen-bond donors (Lipinski definition) is 4. The fourth-order valence-corrected chi connectivity index (χ4v) is 5.99. The molecule has 2 aromatic rings. The van der Waals surface area contributed by atoms with Crippen LogP contribution < -0.4 is 21.7 Å². The van der Waals surface area contributed by atoms with E-state index in [1.54, 1.807) is 24.3 Å². The van der Waals surface area contributed by atoms with Crippen LogP contribution in [-0.2, 0) is 9.84 Å². The summed E-state index contributed by atoms with van der Waals surface area (Å²) in [5, 5.41) is 7.83. The molecule has 1 heterocycles. The lowest BCUT2D eigenvalue weighted by atomic mass is 10.1. The fourth-order valence-electron chi connectivity index (χ4n) is 3.73. The monoisotopic (exact) mass is 509 g/mol. The van der Waals surface area contributed by atoms with E-state index in [1.165, 1.54) is 12.1 Å². The topological polar surface area (TPSA) is 126 Å². The van der Waals surface area contributed by atoms with Crippen LogP contribution in [0.25, 0.3) is 0 Å². The number of halogens is 3. The lowest BCUT2D eigenvalue weighted by Gasteiger charge is -2.28. The molecule has 2 amide bonds. The summed E-state index contributed by atoms with van der Waals surface area (Å²) in [6, 6.07) is 9.49. The molecule has 180 valence electrons. The molecule has 8 nitrogen and oxygen atoms in total. The molecule has 2 aromatic carbocycles. The quantitative estimate of drug-likeness (QED) is 0.425. The van der Waals surface area contributed by atoms with Gasteiger partial charge in [-0.05, 0) is 48.7 Å². The van der Waals surface area contributed by atoms with Crippen molar-refractivity contribution in [3.8, 4) is 0 Å². The van der Waals surface area contributed by atoms with E-state index < -0.39 is 39.3 Å². The highest BCUT2D eigenvalue weighted by Gasteiger charge is 2.58. The van der Waals surface area contributed by atoms with Gasteiger partial charge in [0.25, 0.3) is 0 Å². The average Bonchev–Trinajstić information content (AvgIpc) is 3.62. The smallest absolute Gasteiger partial charge is 0.319 e. The van der Waals surface area contributed by atoms with Crippen LogP contribution in [0.3, 0.4) is 0 Å². The van der Waals surface area contributed by atoms with Crippen LogP contribution in [0, 0.1) is 5.82 Å². The Morgan fingerprint density at radius 1 is 1.24 bits per heavy atom. The van der Waals surface area contributed by atoms with E-state index in [9.17, 15) is 22.0 Å². The molecule has 1 aliphatic heterocycles. The minimum absolute atomic E-state index is 0.0711. The highest BCUT2D eigenvalue weighted by Crippen LogP contribution is 2.52. The number of nitrogens with zero attached hydrogens (tertiary/aromatic N) is 1. The zero-order valence-corrected chi connectivity index (χ0v) is 19.4. The Hall–Kier alpha value is -3.18. The second-order valence-electron chi connectivity index (χ2n) is 7.92. The number of aliphatic imine (C=N–C) groups is 1. The van der Waals surface area contributed by atoms with Crippen LogP contribution in [0.4, 0.5) is 19.3 Å². The van der Waals surface area contributed by atoms with Gasteiger partial charge in [0.2, 0.25) is 0 Å². The molecule has 0 radical (unpaired) electrons. The van der Waals surface area contributed by atoms with E-state index in [0.29, 0.717) is 29.8 Å². The number of sulfone groups is 1. The molecule has 1 unspecified atom stereocenters. The van der Waals surface area contributed by atoms with Gasteiger partial charge >= 0.3 is 6.03 Å². The van der Waals surface area contributed by atoms with E-state index in [2.05, 4.69) is 20.9 Å². The maximum Gasteiger partial charge on any atom is 0.319 e. The summed E-state index contributed by atoms with van der Waals surface area (Å²) in [5.41, 5.74) is 7.58. The van der Waals surface area contributed by atoms with Crippen molar-refractivity contribution < 1.29 is 22.0 Å². The Kier molecular flexibility index (Phi) is 6.50. The van der Waals surface area contributed by atoms with Crippen LogP contribution >= 0.6 is 11.6 Å². The molecule has 12 heteroatoms. The lowest BCUT2D eigenvalue weighted by molar-refractivity contribution is 0.251. The van der Waals surface area contributed by atoms with Crippen molar-refractivity contribution in [2.75, 3.05) is 18.5 Å². The number of benzene rings is 2. The maximum atomic E-state index is 13.6. The highest BCUT2D eigenvalue weighted by atomic mass is 35.5. The van der Waals surface area contributed by atoms with Crippen LogP contribution in [-0.4, -0.2) is 38.3 Å². The first-order chi connectivity index (χ1) is 16.2. The van der Waals surface area contributed by atoms with E-state index in [1.807, 2.05) is 0 Å². The number of amidine groups is 1. The molecule has 0 spiro atoms. The summed E-state index contributed by atoms with van der Waals surface area (Å²) in [6.07, 6.45) is 1.57. The molecule has 1 fully saturated rings. The molecule has 4 rings (SSSR count). The normalized spacial score (nSPS) is 18.9. The van der Waals surface area contributed by atoms with Crippen molar-refractivity contribution >= 4 is 39.0 Å². The van der Waals surface area contributed by atoms with E-state index >= 15 is 0 Å². The van der Waals surface area contributed by atoms with Gasteiger partial charge in [-0.3, -0.25) is 0 Å². The number of alkyl halides is 1. The predicted molar refractivity (Wildman–Crippen MR) is 126 cm³/mol. The molecule has 0 aromatic heterocycles. The highest BCUT2D eigenvalue weighted by molar-refractivity contribution is 7.93. The summed E-state index contributed by atoms with van der Waals surface area (Å²) in [5.74, 6) is -0.542. The zero-order chi connectivity index (χ0) is 24.5. The van der Waals surface area contributed by atoms with Gasteiger partial charge < -0.3 is 21.7 Å². The van der Waals surface area contributed by atoms with Crippen molar-refractivity contribution in [3.05, 3.63) is 70.6 Å².